The Balaban J connectivity index is 4.02. The number of ether oxygens (including phenoxy) is 1. The molecule has 0 bridgehead atoms. The maximum absolute atomic E-state index is 11.2. The molecule has 0 aliphatic carbocycles. The number of amides is 1. The number of carboxylic acid groups (broad SMARTS) is 1. The van der Waals surface area contributed by atoms with Crippen molar-refractivity contribution in [1.82, 2.24) is 5.32 Å². The van der Waals surface area contributed by atoms with Crippen molar-refractivity contribution in [2.45, 2.75) is 18.9 Å². The van der Waals surface area contributed by atoms with Gasteiger partial charge in [0.25, 0.3) is 0 Å². The summed E-state index contributed by atoms with van der Waals surface area (Å²) in [4.78, 5) is 21.7. The normalized spacial score (nSPS) is 11.6. The van der Waals surface area contributed by atoms with E-state index in [1.807, 2.05) is 6.26 Å². The van der Waals surface area contributed by atoms with E-state index in [-0.39, 0.29) is 19.1 Å². The zero-order valence-corrected chi connectivity index (χ0v) is 10.1. The van der Waals surface area contributed by atoms with Crippen molar-refractivity contribution >= 4 is 23.8 Å². The molecule has 5 nitrogen and oxygen atoms in total. The quantitative estimate of drug-likeness (QED) is 0.636. The predicted molar refractivity (Wildman–Crippen MR) is 63.7 cm³/mol. The lowest BCUT2D eigenvalue weighted by molar-refractivity contribution is -0.137. The third-order valence-electron chi connectivity index (χ3n) is 1.75. The summed E-state index contributed by atoms with van der Waals surface area (Å²) in [5.74, 6) is -0.144. The van der Waals surface area contributed by atoms with Crippen LogP contribution in [0.25, 0.3) is 0 Å². The van der Waals surface area contributed by atoms with E-state index in [0.717, 1.165) is 5.75 Å². The molecule has 2 N–H and O–H groups in total. The fraction of sp³-hybridized carbons (Fsp3) is 0.600. The SMILES string of the molecule is C=CCOC(=O)N[C@@H](CCSC)CC(=O)O. The first-order valence-corrected chi connectivity index (χ1v) is 6.24. The van der Waals surface area contributed by atoms with Crippen LogP contribution < -0.4 is 5.32 Å². The monoisotopic (exact) mass is 247 g/mol. The first kappa shape index (κ1) is 14.8. The number of aliphatic carboxylic acids is 1. The molecule has 0 aliphatic heterocycles. The average Bonchev–Trinajstić information content (AvgIpc) is 2.22. The van der Waals surface area contributed by atoms with Crippen molar-refractivity contribution in [2.24, 2.45) is 0 Å². The van der Waals surface area contributed by atoms with E-state index in [9.17, 15) is 9.59 Å². The van der Waals surface area contributed by atoms with Crippen molar-refractivity contribution in [3.8, 4) is 0 Å². The first-order chi connectivity index (χ1) is 7.60. The van der Waals surface area contributed by atoms with Crippen LogP contribution in [0.1, 0.15) is 12.8 Å². The largest absolute Gasteiger partial charge is 0.481 e. The molecule has 0 rings (SSSR count). The van der Waals surface area contributed by atoms with Gasteiger partial charge in [-0.1, -0.05) is 12.7 Å². The van der Waals surface area contributed by atoms with E-state index >= 15 is 0 Å². The molecule has 0 unspecified atom stereocenters. The Morgan fingerprint density at radius 2 is 2.31 bits per heavy atom. The van der Waals surface area contributed by atoms with Crippen molar-refractivity contribution in [1.29, 1.82) is 0 Å². The van der Waals surface area contributed by atoms with Gasteiger partial charge in [-0.15, -0.1) is 0 Å². The highest BCUT2D eigenvalue weighted by molar-refractivity contribution is 7.98. The second kappa shape index (κ2) is 9.08. The van der Waals surface area contributed by atoms with Crippen LogP contribution in [0.5, 0.6) is 0 Å². The van der Waals surface area contributed by atoms with Gasteiger partial charge in [-0.05, 0) is 18.4 Å². The summed E-state index contributed by atoms with van der Waals surface area (Å²) in [6.45, 7) is 3.53. The van der Waals surface area contributed by atoms with Crippen LogP contribution in [0.4, 0.5) is 4.79 Å². The average molecular weight is 247 g/mol. The molecule has 1 atom stereocenters. The summed E-state index contributed by atoms with van der Waals surface area (Å²) < 4.78 is 4.72. The molecule has 92 valence electrons. The first-order valence-electron chi connectivity index (χ1n) is 4.85. The summed E-state index contributed by atoms with van der Waals surface area (Å²) in [7, 11) is 0. The molecule has 0 fully saturated rings. The van der Waals surface area contributed by atoms with E-state index in [1.165, 1.54) is 6.08 Å². The molecular weight excluding hydrogens is 230 g/mol. The molecule has 0 aliphatic rings. The highest BCUT2D eigenvalue weighted by Crippen LogP contribution is 2.04. The minimum absolute atomic E-state index is 0.0935. The van der Waals surface area contributed by atoms with Gasteiger partial charge >= 0.3 is 12.1 Å². The molecule has 0 aromatic rings. The van der Waals surface area contributed by atoms with E-state index in [1.54, 1.807) is 11.8 Å². The number of rotatable bonds is 8. The number of carbonyl (C=O) groups is 2. The number of carbonyl (C=O) groups excluding carboxylic acids is 1. The number of thioether (sulfide) groups is 1. The Morgan fingerprint density at radius 3 is 2.81 bits per heavy atom. The highest BCUT2D eigenvalue weighted by Gasteiger charge is 2.15. The Bertz CT molecular complexity index is 245. The summed E-state index contributed by atoms with van der Waals surface area (Å²) in [5, 5.41) is 11.2. The van der Waals surface area contributed by atoms with Crippen molar-refractivity contribution in [2.75, 3.05) is 18.6 Å². The molecule has 0 heterocycles. The van der Waals surface area contributed by atoms with Gasteiger partial charge in [-0.25, -0.2) is 4.79 Å². The minimum atomic E-state index is -0.935. The zero-order chi connectivity index (χ0) is 12.4. The molecule has 0 saturated heterocycles. The number of hydrogen-bond acceptors (Lipinski definition) is 4. The fourth-order valence-electron chi connectivity index (χ4n) is 1.04. The van der Waals surface area contributed by atoms with E-state index in [0.29, 0.717) is 6.42 Å². The maximum Gasteiger partial charge on any atom is 0.407 e. The molecule has 1 amide bonds. The van der Waals surface area contributed by atoms with Crippen LogP contribution in [0.2, 0.25) is 0 Å². The van der Waals surface area contributed by atoms with Crippen LogP contribution in [0, 0.1) is 0 Å². The minimum Gasteiger partial charge on any atom is -0.481 e. The molecule has 16 heavy (non-hydrogen) atoms. The van der Waals surface area contributed by atoms with Crippen LogP contribution in [0.15, 0.2) is 12.7 Å². The summed E-state index contributed by atoms with van der Waals surface area (Å²) in [6.07, 6.45) is 3.29. The standard InChI is InChI=1S/C10H17NO4S/c1-3-5-15-10(14)11-8(4-6-16-2)7-9(12)13/h3,8H,1,4-7H2,2H3,(H,11,14)(H,12,13)/t8-/m0/s1. The highest BCUT2D eigenvalue weighted by atomic mass is 32.2. The lowest BCUT2D eigenvalue weighted by Gasteiger charge is -2.15. The van der Waals surface area contributed by atoms with Crippen LogP contribution in [-0.2, 0) is 9.53 Å². The molecular formula is C10H17NO4S. The van der Waals surface area contributed by atoms with Crippen LogP contribution in [0.3, 0.4) is 0 Å². The Hall–Kier alpha value is -1.17. The number of carboxylic acids is 1. The van der Waals surface area contributed by atoms with Gasteiger partial charge in [-0.3, -0.25) is 4.79 Å². The summed E-state index contributed by atoms with van der Waals surface area (Å²) >= 11 is 1.60. The van der Waals surface area contributed by atoms with E-state index < -0.39 is 12.1 Å². The lowest BCUT2D eigenvalue weighted by Crippen LogP contribution is -2.37. The molecule has 0 saturated carbocycles. The smallest absolute Gasteiger partial charge is 0.407 e. The molecule has 6 heteroatoms. The third-order valence-corrected chi connectivity index (χ3v) is 2.39. The fourth-order valence-corrected chi connectivity index (χ4v) is 1.56. The summed E-state index contributed by atoms with van der Waals surface area (Å²) in [5.41, 5.74) is 0. The Labute approximate surface area is 99.2 Å². The van der Waals surface area contributed by atoms with Gasteiger partial charge in [0, 0.05) is 6.04 Å². The van der Waals surface area contributed by atoms with Gasteiger partial charge in [0.2, 0.25) is 0 Å². The number of alkyl carbamates (subject to hydrolysis) is 1. The van der Waals surface area contributed by atoms with Gasteiger partial charge < -0.3 is 15.2 Å². The van der Waals surface area contributed by atoms with E-state index in [2.05, 4.69) is 11.9 Å². The zero-order valence-electron chi connectivity index (χ0n) is 9.27. The van der Waals surface area contributed by atoms with Gasteiger partial charge in [0.05, 0.1) is 6.42 Å². The molecule has 0 spiro atoms. The van der Waals surface area contributed by atoms with Crippen molar-refractivity contribution in [3.05, 3.63) is 12.7 Å². The second-order valence-corrected chi connectivity index (χ2v) is 4.09. The van der Waals surface area contributed by atoms with Crippen LogP contribution >= 0.6 is 11.8 Å². The molecule has 0 aromatic heterocycles. The molecule has 0 aromatic carbocycles. The second-order valence-electron chi connectivity index (χ2n) is 3.11. The lowest BCUT2D eigenvalue weighted by atomic mass is 10.1. The number of hydrogen-bond donors (Lipinski definition) is 2. The number of nitrogens with one attached hydrogen (secondary N) is 1. The Morgan fingerprint density at radius 1 is 1.62 bits per heavy atom. The van der Waals surface area contributed by atoms with E-state index in [4.69, 9.17) is 9.84 Å². The Kier molecular flexibility index (Phi) is 8.42. The predicted octanol–water partition coefficient (Wildman–Crippen LogP) is 1.50. The van der Waals surface area contributed by atoms with Gasteiger partial charge in [-0.2, -0.15) is 11.8 Å². The van der Waals surface area contributed by atoms with Crippen LogP contribution in [-0.4, -0.2) is 41.8 Å². The topological polar surface area (TPSA) is 75.6 Å². The maximum atomic E-state index is 11.2. The van der Waals surface area contributed by atoms with Crippen molar-refractivity contribution in [3.63, 3.8) is 0 Å². The van der Waals surface area contributed by atoms with Gasteiger partial charge in [0.15, 0.2) is 0 Å². The van der Waals surface area contributed by atoms with Crippen molar-refractivity contribution < 1.29 is 19.4 Å². The van der Waals surface area contributed by atoms with Gasteiger partial charge in [0.1, 0.15) is 6.61 Å². The third kappa shape index (κ3) is 8.16. The molecule has 0 radical (unpaired) electrons. The summed E-state index contributed by atoms with van der Waals surface area (Å²) in [6, 6.07) is -0.387.